The van der Waals surface area contributed by atoms with E-state index in [1.54, 1.807) is 0 Å². The number of hydrogen-bond acceptors (Lipinski definition) is 1. The molecule has 0 saturated carbocycles. The lowest BCUT2D eigenvalue weighted by Gasteiger charge is -2.20. The van der Waals surface area contributed by atoms with E-state index in [2.05, 4.69) is 214 Å². The second kappa shape index (κ2) is 14.4. The van der Waals surface area contributed by atoms with E-state index < -0.39 is 0 Å². The number of benzene rings is 8. The van der Waals surface area contributed by atoms with Crippen LogP contribution < -0.4 is 0 Å². The molecule has 1 heterocycles. The summed E-state index contributed by atoms with van der Waals surface area (Å²) >= 11 is 0. The Balaban J connectivity index is 1.20. The number of hydrogen-bond donors (Lipinski definition) is 0. The van der Waals surface area contributed by atoms with E-state index in [1.165, 1.54) is 71.3 Å². The molecular formula is C53H44N2. The Morgan fingerprint density at radius 3 is 2.13 bits per heavy atom. The predicted octanol–water partition coefficient (Wildman–Crippen LogP) is 14.5. The van der Waals surface area contributed by atoms with Crippen molar-refractivity contribution >= 4 is 61.1 Å². The number of para-hydroxylation sites is 3. The first-order valence-electron chi connectivity index (χ1n) is 19.4. The maximum absolute atomic E-state index is 5.21. The number of aryl methyl sites for hydroxylation is 1. The second-order valence-electron chi connectivity index (χ2n) is 15.0. The maximum Gasteiger partial charge on any atom is 0.117 e. The van der Waals surface area contributed by atoms with E-state index in [4.69, 9.17) is 4.98 Å². The SMILES string of the molecule is C/C(=C\[C@@H](C)C(C)c1nc2ccccc2n1-c1ccccc1)c1ccc2c(/C=C/c3ccccc3C)c3ccccc3c(-c3ccc4ccccc4c3)c2c1. The highest BCUT2D eigenvalue weighted by molar-refractivity contribution is 6.19. The summed E-state index contributed by atoms with van der Waals surface area (Å²) in [6, 6.07) is 59.3. The molecular weight excluding hydrogens is 665 g/mol. The molecule has 0 aliphatic carbocycles. The Hall–Kier alpha value is -6.51. The van der Waals surface area contributed by atoms with Crippen LogP contribution in [-0.4, -0.2) is 9.55 Å². The van der Waals surface area contributed by atoms with Crippen LogP contribution in [0.5, 0.6) is 0 Å². The molecule has 9 aromatic rings. The van der Waals surface area contributed by atoms with Gasteiger partial charge in [0.2, 0.25) is 0 Å². The third kappa shape index (κ3) is 6.34. The van der Waals surface area contributed by atoms with Gasteiger partial charge in [-0.2, -0.15) is 0 Å². The van der Waals surface area contributed by atoms with Gasteiger partial charge >= 0.3 is 0 Å². The quantitative estimate of drug-likeness (QED) is 0.113. The highest BCUT2D eigenvalue weighted by atomic mass is 15.1. The molecule has 8 aromatic carbocycles. The van der Waals surface area contributed by atoms with E-state index in [9.17, 15) is 0 Å². The molecule has 2 nitrogen and oxygen atoms in total. The molecule has 0 N–H and O–H groups in total. The van der Waals surface area contributed by atoms with Gasteiger partial charge in [-0.05, 0) is 127 Å². The Kier molecular flexibility index (Phi) is 8.96. The van der Waals surface area contributed by atoms with E-state index in [0.717, 1.165) is 22.5 Å². The van der Waals surface area contributed by atoms with Gasteiger partial charge in [-0.1, -0.05) is 159 Å². The third-order valence-corrected chi connectivity index (χ3v) is 11.5. The van der Waals surface area contributed by atoms with Crippen molar-refractivity contribution in [2.45, 2.75) is 33.6 Å². The van der Waals surface area contributed by atoms with Gasteiger partial charge in [-0.15, -0.1) is 0 Å². The van der Waals surface area contributed by atoms with Crippen molar-refractivity contribution in [3.63, 3.8) is 0 Å². The molecule has 1 aromatic heterocycles. The zero-order chi connectivity index (χ0) is 37.5. The first-order valence-corrected chi connectivity index (χ1v) is 19.4. The number of imidazole rings is 1. The molecule has 0 aliphatic heterocycles. The van der Waals surface area contributed by atoms with Crippen LogP contribution in [0.4, 0.5) is 0 Å². The molecule has 0 spiro atoms. The zero-order valence-corrected chi connectivity index (χ0v) is 31.9. The Bertz CT molecular complexity index is 2920. The van der Waals surface area contributed by atoms with E-state index in [1.807, 2.05) is 0 Å². The summed E-state index contributed by atoms with van der Waals surface area (Å²) in [5, 5.41) is 7.52. The molecule has 0 radical (unpaired) electrons. The molecule has 9 rings (SSSR count). The van der Waals surface area contributed by atoms with Gasteiger partial charge < -0.3 is 0 Å². The lowest BCUT2D eigenvalue weighted by molar-refractivity contribution is 0.556. The molecule has 0 saturated heterocycles. The zero-order valence-electron chi connectivity index (χ0n) is 31.9. The number of aromatic nitrogens is 2. The molecule has 0 amide bonds. The van der Waals surface area contributed by atoms with Gasteiger partial charge in [-0.25, -0.2) is 4.98 Å². The second-order valence-corrected chi connectivity index (χ2v) is 15.0. The van der Waals surface area contributed by atoms with Crippen molar-refractivity contribution in [1.82, 2.24) is 9.55 Å². The summed E-state index contributed by atoms with van der Waals surface area (Å²) in [6.07, 6.45) is 7.04. The lowest BCUT2D eigenvalue weighted by Crippen LogP contribution is -2.11. The molecule has 0 fully saturated rings. The van der Waals surface area contributed by atoms with Crippen molar-refractivity contribution in [1.29, 1.82) is 0 Å². The molecule has 2 atom stereocenters. The summed E-state index contributed by atoms with van der Waals surface area (Å²) in [6.45, 7) is 9.08. The minimum atomic E-state index is 0.179. The third-order valence-electron chi connectivity index (χ3n) is 11.5. The van der Waals surface area contributed by atoms with Gasteiger partial charge in [-0.3, -0.25) is 4.57 Å². The number of allylic oxidation sites excluding steroid dienone is 2. The van der Waals surface area contributed by atoms with Crippen LogP contribution in [-0.2, 0) is 0 Å². The Labute approximate surface area is 323 Å². The minimum Gasteiger partial charge on any atom is -0.296 e. The fraction of sp³-hybridized carbons (Fsp3) is 0.113. The van der Waals surface area contributed by atoms with Crippen LogP contribution in [0.25, 0.3) is 77.9 Å². The van der Waals surface area contributed by atoms with Gasteiger partial charge in [0, 0.05) is 11.6 Å². The van der Waals surface area contributed by atoms with E-state index in [-0.39, 0.29) is 11.8 Å². The normalized spacial score (nSPS) is 13.3. The van der Waals surface area contributed by atoms with E-state index in [0.29, 0.717) is 0 Å². The highest BCUT2D eigenvalue weighted by Gasteiger charge is 2.22. The fourth-order valence-corrected chi connectivity index (χ4v) is 8.31. The number of nitrogens with zero attached hydrogens (tertiary/aromatic N) is 2. The largest absolute Gasteiger partial charge is 0.296 e. The lowest BCUT2D eigenvalue weighted by atomic mass is 9.85. The van der Waals surface area contributed by atoms with Crippen LogP contribution in [0.2, 0.25) is 0 Å². The molecule has 2 heteroatoms. The molecule has 1 unspecified atom stereocenters. The number of rotatable bonds is 8. The van der Waals surface area contributed by atoms with Crippen LogP contribution in [0.3, 0.4) is 0 Å². The summed E-state index contributed by atoms with van der Waals surface area (Å²) < 4.78 is 2.34. The maximum atomic E-state index is 5.21. The monoisotopic (exact) mass is 708 g/mol. The topological polar surface area (TPSA) is 17.8 Å². The minimum absolute atomic E-state index is 0.179. The standard InChI is InChI=1S/C53H44N2/c1-35-16-8-9-17-39(35)28-30-46-45-22-12-13-23-48(45)52(43-27-26-40-18-10-11-19-42(40)33-43)49-34-41(29-31-47(46)49)37(3)32-36(2)38(4)53-54-50-24-14-15-25-51(50)55(53)44-20-6-5-7-21-44/h5-34,36,38H,1-4H3/b30-28+,37-32+/t36-,38?/m1/s1. The molecule has 0 bridgehead atoms. The number of fused-ring (bicyclic) bond motifs is 4. The summed E-state index contributed by atoms with van der Waals surface area (Å²) in [5.74, 6) is 1.50. The first-order chi connectivity index (χ1) is 26.9. The Morgan fingerprint density at radius 2 is 1.29 bits per heavy atom. The molecule has 0 aliphatic rings. The van der Waals surface area contributed by atoms with Gasteiger partial charge in [0.1, 0.15) is 5.82 Å². The molecule has 55 heavy (non-hydrogen) atoms. The van der Waals surface area contributed by atoms with Crippen LogP contribution in [0, 0.1) is 12.8 Å². The average Bonchev–Trinajstić information content (AvgIpc) is 3.62. The molecule has 266 valence electrons. The van der Waals surface area contributed by atoms with Gasteiger partial charge in [0.05, 0.1) is 11.0 Å². The fourth-order valence-electron chi connectivity index (χ4n) is 8.31. The Morgan fingerprint density at radius 1 is 0.600 bits per heavy atom. The predicted molar refractivity (Wildman–Crippen MR) is 237 cm³/mol. The van der Waals surface area contributed by atoms with Crippen LogP contribution in [0.1, 0.15) is 54.8 Å². The van der Waals surface area contributed by atoms with Crippen LogP contribution in [0.15, 0.2) is 170 Å². The van der Waals surface area contributed by atoms with Crippen molar-refractivity contribution < 1.29 is 0 Å². The smallest absolute Gasteiger partial charge is 0.117 e. The summed E-state index contributed by atoms with van der Waals surface area (Å²) in [7, 11) is 0. The van der Waals surface area contributed by atoms with Crippen molar-refractivity contribution in [2.24, 2.45) is 5.92 Å². The van der Waals surface area contributed by atoms with Crippen molar-refractivity contribution in [3.8, 4) is 16.8 Å². The summed E-state index contributed by atoms with van der Waals surface area (Å²) in [5.41, 5.74) is 12.0. The first kappa shape index (κ1) is 34.3. The average molecular weight is 709 g/mol. The van der Waals surface area contributed by atoms with Gasteiger partial charge in [0.25, 0.3) is 0 Å². The van der Waals surface area contributed by atoms with Crippen molar-refractivity contribution in [3.05, 3.63) is 198 Å². The van der Waals surface area contributed by atoms with Gasteiger partial charge in [0.15, 0.2) is 0 Å². The van der Waals surface area contributed by atoms with Crippen molar-refractivity contribution in [2.75, 3.05) is 0 Å². The summed E-state index contributed by atoms with van der Waals surface area (Å²) in [4.78, 5) is 5.21. The van der Waals surface area contributed by atoms with E-state index >= 15 is 0 Å². The van der Waals surface area contributed by atoms with Crippen LogP contribution >= 0.6 is 0 Å². The highest BCUT2D eigenvalue weighted by Crippen LogP contribution is 2.42.